The minimum atomic E-state index is -0.402. The Labute approximate surface area is 127 Å². The predicted molar refractivity (Wildman–Crippen MR) is 84.6 cm³/mol. The molecule has 1 fully saturated rings. The van der Waals surface area contributed by atoms with E-state index in [2.05, 4.69) is 11.9 Å². The largest absolute Gasteiger partial charge is 0.367 e. The van der Waals surface area contributed by atoms with Crippen LogP contribution in [0, 0.1) is 12.8 Å². The van der Waals surface area contributed by atoms with Crippen LogP contribution in [0.25, 0.3) is 0 Å². The van der Waals surface area contributed by atoms with E-state index in [9.17, 15) is 4.79 Å². The third-order valence-electron chi connectivity index (χ3n) is 4.66. The van der Waals surface area contributed by atoms with Gasteiger partial charge in [-0.05, 0) is 51.4 Å². The SMILES string of the molecule is CCOC1(c2nc(C)c(C(C)C)c(=O)[nH]2)CCC(C)CC1. The van der Waals surface area contributed by atoms with Gasteiger partial charge in [-0.2, -0.15) is 0 Å². The van der Waals surface area contributed by atoms with Crippen LogP contribution in [0.5, 0.6) is 0 Å². The van der Waals surface area contributed by atoms with Crippen LogP contribution in [-0.2, 0) is 10.3 Å². The second kappa shape index (κ2) is 6.30. The van der Waals surface area contributed by atoms with Gasteiger partial charge in [-0.1, -0.05) is 20.8 Å². The molecule has 0 radical (unpaired) electrons. The lowest BCUT2D eigenvalue weighted by molar-refractivity contribution is -0.0839. The molecule has 0 aliphatic heterocycles. The van der Waals surface area contributed by atoms with Crippen LogP contribution in [0.15, 0.2) is 4.79 Å². The van der Waals surface area contributed by atoms with Crippen LogP contribution < -0.4 is 5.56 Å². The second-order valence-corrected chi connectivity index (χ2v) is 6.68. The number of nitrogens with one attached hydrogen (secondary N) is 1. The topological polar surface area (TPSA) is 55.0 Å². The van der Waals surface area contributed by atoms with Gasteiger partial charge < -0.3 is 9.72 Å². The maximum Gasteiger partial charge on any atom is 0.254 e. The Bertz CT molecular complexity index is 540. The first-order valence-corrected chi connectivity index (χ1v) is 8.15. The van der Waals surface area contributed by atoms with Crippen molar-refractivity contribution in [2.75, 3.05) is 6.61 Å². The maximum absolute atomic E-state index is 12.4. The number of nitrogens with zero attached hydrogens (tertiary/aromatic N) is 1. The third-order valence-corrected chi connectivity index (χ3v) is 4.66. The molecule has 4 heteroatoms. The summed E-state index contributed by atoms with van der Waals surface area (Å²) in [6, 6.07) is 0. The predicted octanol–water partition coefficient (Wildman–Crippen LogP) is 3.64. The van der Waals surface area contributed by atoms with Crippen LogP contribution >= 0.6 is 0 Å². The molecular formula is C17H28N2O2. The Morgan fingerprint density at radius 1 is 1.38 bits per heavy atom. The number of aromatic amines is 1. The van der Waals surface area contributed by atoms with E-state index in [4.69, 9.17) is 9.72 Å². The highest BCUT2D eigenvalue weighted by Crippen LogP contribution is 2.41. The molecule has 0 bridgehead atoms. The summed E-state index contributed by atoms with van der Waals surface area (Å²) in [4.78, 5) is 20.1. The molecule has 118 valence electrons. The number of aromatic nitrogens is 2. The van der Waals surface area contributed by atoms with Crippen molar-refractivity contribution >= 4 is 0 Å². The number of ether oxygens (including phenoxy) is 1. The summed E-state index contributed by atoms with van der Waals surface area (Å²) < 4.78 is 6.08. The van der Waals surface area contributed by atoms with Crippen molar-refractivity contribution in [2.24, 2.45) is 5.92 Å². The number of rotatable bonds is 4. The lowest BCUT2D eigenvalue weighted by Crippen LogP contribution is -2.38. The average molecular weight is 292 g/mol. The molecule has 1 aromatic heterocycles. The first kappa shape index (κ1) is 16.2. The molecule has 2 rings (SSSR count). The average Bonchev–Trinajstić information content (AvgIpc) is 2.40. The van der Waals surface area contributed by atoms with Crippen molar-refractivity contribution in [1.29, 1.82) is 0 Å². The third kappa shape index (κ3) is 3.20. The zero-order valence-electron chi connectivity index (χ0n) is 14.0. The van der Waals surface area contributed by atoms with Gasteiger partial charge in [0.15, 0.2) is 0 Å². The van der Waals surface area contributed by atoms with Gasteiger partial charge in [0.25, 0.3) is 5.56 Å². The molecule has 0 atom stereocenters. The summed E-state index contributed by atoms with van der Waals surface area (Å²) in [5, 5.41) is 0. The second-order valence-electron chi connectivity index (χ2n) is 6.68. The van der Waals surface area contributed by atoms with Crippen molar-refractivity contribution in [2.45, 2.75) is 71.8 Å². The van der Waals surface area contributed by atoms with Crippen LogP contribution in [-0.4, -0.2) is 16.6 Å². The molecule has 0 amide bonds. The lowest BCUT2D eigenvalue weighted by atomic mass is 9.78. The summed E-state index contributed by atoms with van der Waals surface area (Å²) in [5.41, 5.74) is 1.21. The van der Waals surface area contributed by atoms with Crippen LogP contribution in [0.3, 0.4) is 0 Å². The molecule has 0 saturated heterocycles. The Balaban J connectivity index is 2.45. The van der Waals surface area contributed by atoms with E-state index in [-0.39, 0.29) is 11.5 Å². The van der Waals surface area contributed by atoms with Gasteiger partial charge in [0.2, 0.25) is 0 Å². The fourth-order valence-corrected chi connectivity index (χ4v) is 3.45. The van der Waals surface area contributed by atoms with E-state index in [1.54, 1.807) is 0 Å². The molecule has 0 unspecified atom stereocenters. The molecule has 1 saturated carbocycles. The quantitative estimate of drug-likeness (QED) is 0.921. The van der Waals surface area contributed by atoms with Gasteiger partial charge in [0.05, 0.1) is 0 Å². The van der Waals surface area contributed by atoms with Crippen molar-refractivity contribution < 1.29 is 4.74 Å². The standard InChI is InChI=1S/C17H28N2O2/c1-6-21-17(9-7-12(4)8-10-17)16-18-13(5)14(11(2)3)15(20)19-16/h11-12H,6-10H2,1-5H3,(H,18,19,20). The molecule has 4 nitrogen and oxygen atoms in total. The minimum Gasteiger partial charge on any atom is -0.367 e. The van der Waals surface area contributed by atoms with Gasteiger partial charge in [-0.3, -0.25) is 4.79 Å². The fraction of sp³-hybridized carbons (Fsp3) is 0.765. The van der Waals surface area contributed by atoms with E-state index in [1.165, 1.54) is 0 Å². The van der Waals surface area contributed by atoms with E-state index >= 15 is 0 Å². The molecular weight excluding hydrogens is 264 g/mol. The molecule has 1 heterocycles. The molecule has 1 N–H and O–H groups in total. The number of aryl methyl sites for hydroxylation is 1. The summed E-state index contributed by atoms with van der Waals surface area (Å²) in [5.74, 6) is 1.63. The van der Waals surface area contributed by atoms with Crippen molar-refractivity contribution in [1.82, 2.24) is 9.97 Å². The van der Waals surface area contributed by atoms with Crippen molar-refractivity contribution in [3.63, 3.8) is 0 Å². The van der Waals surface area contributed by atoms with E-state index in [1.807, 2.05) is 27.7 Å². The number of hydrogen-bond acceptors (Lipinski definition) is 3. The van der Waals surface area contributed by atoms with Crippen LogP contribution in [0.2, 0.25) is 0 Å². The maximum atomic E-state index is 12.4. The normalized spacial score (nSPS) is 26.3. The summed E-state index contributed by atoms with van der Waals surface area (Å²) >= 11 is 0. The van der Waals surface area contributed by atoms with Crippen molar-refractivity contribution in [3.8, 4) is 0 Å². The molecule has 1 aliphatic carbocycles. The minimum absolute atomic E-state index is 0.00907. The number of hydrogen-bond donors (Lipinski definition) is 1. The zero-order valence-corrected chi connectivity index (χ0v) is 14.0. The monoisotopic (exact) mass is 292 g/mol. The van der Waals surface area contributed by atoms with Crippen LogP contribution in [0.4, 0.5) is 0 Å². The molecule has 0 aromatic carbocycles. The van der Waals surface area contributed by atoms with Gasteiger partial charge in [0, 0.05) is 17.9 Å². The fourth-order valence-electron chi connectivity index (χ4n) is 3.45. The molecule has 21 heavy (non-hydrogen) atoms. The van der Waals surface area contributed by atoms with E-state index < -0.39 is 5.60 Å². The van der Waals surface area contributed by atoms with Gasteiger partial charge in [0.1, 0.15) is 11.4 Å². The van der Waals surface area contributed by atoms with Gasteiger partial charge in [-0.15, -0.1) is 0 Å². The van der Waals surface area contributed by atoms with Crippen molar-refractivity contribution in [3.05, 3.63) is 27.4 Å². The van der Waals surface area contributed by atoms with E-state index in [0.717, 1.165) is 48.7 Å². The molecule has 0 spiro atoms. The Hall–Kier alpha value is -1.16. The first-order valence-electron chi connectivity index (χ1n) is 8.15. The van der Waals surface area contributed by atoms with Gasteiger partial charge >= 0.3 is 0 Å². The Morgan fingerprint density at radius 3 is 2.48 bits per heavy atom. The molecule has 1 aliphatic rings. The Kier molecular flexibility index (Phi) is 4.87. The van der Waals surface area contributed by atoms with Crippen LogP contribution in [0.1, 0.15) is 76.4 Å². The molecule has 1 aromatic rings. The summed E-state index contributed by atoms with van der Waals surface area (Å²) in [6.07, 6.45) is 4.11. The zero-order chi connectivity index (χ0) is 15.6. The highest BCUT2D eigenvalue weighted by atomic mass is 16.5. The Morgan fingerprint density at radius 2 is 2.00 bits per heavy atom. The highest BCUT2D eigenvalue weighted by Gasteiger charge is 2.39. The van der Waals surface area contributed by atoms with E-state index in [0.29, 0.717) is 6.61 Å². The lowest BCUT2D eigenvalue weighted by Gasteiger charge is -2.38. The number of H-pyrrole nitrogens is 1. The highest BCUT2D eigenvalue weighted by molar-refractivity contribution is 5.22. The summed E-state index contributed by atoms with van der Waals surface area (Å²) in [6.45, 7) is 10.9. The summed E-state index contributed by atoms with van der Waals surface area (Å²) in [7, 11) is 0. The first-order chi connectivity index (χ1) is 9.89. The van der Waals surface area contributed by atoms with Gasteiger partial charge in [-0.25, -0.2) is 4.98 Å². The smallest absolute Gasteiger partial charge is 0.254 e.